The van der Waals surface area contributed by atoms with Gasteiger partial charge in [0.15, 0.2) is 0 Å². The van der Waals surface area contributed by atoms with Gasteiger partial charge in [0.05, 0.1) is 16.5 Å². The van der Waals surface area contributed by atoms with Crippen molar-refractivity contribution in [3.05, 3.63) is 28.8 Å². The quantitative estimate of drug-likeness (QED) is 0.786. The fraction of sp³-hybridized carbons (Fsp3) is 0.600. The first-order chi connectivity index (χ1) is 10.2. The van der Waals surface area contributed by atoms with Crippen molar-refractivity contribution in [1.29, 1.82) is 0 Å². The highest BCUT2D eigenvalue weighted by Crippen LogP contribution is 2.41. The second kappa shape index (κ2) is 6.64. The topological polar surface area (TPSA) is 52.5 Å². The van der Waals surface area contributed by atoms with E-state index in [1.807, 2.05) is 0 Å². The van der Waals surface area contributed by atoms with Crippen molar-refractivity contribution < 1.29 is 23.4 Å². The van der Waals surface area contributed by atoms with E-state index < -0.39 is 17.7 Å². The van der Waals surface area contributed by atoms with Crippen LogP contribution in [0.3, 0.4) is 0 Å². The van der Waals surface area contributed by atoms with Crippen LogP contribution in [-0.4, -0.2) is 28.5 Å². The van der Waals surface area contributed by atoms with Gasteiger partial charge < -0.3 is 15.5 Å². The minimum absolute atomic E-state index is 0.0468. The molecule has 1 aromatic carbocycles. The Hall–Kier alpha value is -0.980. The van der Waals surface area contributed by atoms with Gasteiger partial charge in [-0.2, -0.15) is 13.2 Å². The first-order valence-electron chi connectivity index (χ1n) is 7.17. The standard InChI is InChI=1S/C15H19ClF3NO2/c16-13-10(3-1-5-12(13)21)8-20-9-14(22)6-2-4-11(7-14)15(17,18)19/h1,3,5,11,20-22H,2,4,6-9H2. The summed E-state index contributed by atoms with van der Waals surface area (Å²) >= 11 is 5.93. The van der Waals surface area contributed by atoms with E-state index in [-0.39, 0.29) is 36.7 Å². The first kappa shape index (κ1) is 17.4. The highest BCUT2D eigenvalue weighted by molar-refractivity contribution is 6.32. The number of phenolic OH excluding ortho intramolecular Hbond substituents is 1. The Bertz CT molecular complexity index is 524. The average molecular weight is 338 g/mol. The summed E-state index contributed by atoms with van der Waals surface area (Å²) in [5.74, 6) is -1.49. The molecule has 3 N–H and O–H groups in total. The number of rotatable bonds is 4. The first-order valence-corrected chi connectivity index (χ1v) is 7.55. The van der Waals surface area contributed by atoms with E-state index >= 15 is 0 Å². The van der Waals surface area contributed by atoms with Gasteiger partial charge in [0, 0.05) is 13.1 Å². The maximum atomic E-state index is 12.8. The molecule has 124 valence electrons. The number of nitrogens with one attached hydrogen (secondary N) is 1. The number of hydrogen-bond acceptors (Lipinski definition) is 3. The van der Waals surface area contributed by atoms with Gasteiger partial charge in [-0.25, -0.2) is 0 Å². The molecule has 22 heavy (non-hydrogen) atoms. The Labute approximate surface area is 132 Å². The van der Waals surface area contributed by atoms with Crippen LogP contribution in [0.1, 0.15) is 31.2 Å². The summed E-state index contributed by atoms with van der Waals surface area (Å²) in [6, 6.07) is 4.79. The Morgan fingerprint density at radius 2 is 2.09 bits per heavy atom. The molecule has 0 amide bonds. The minimum atomic E-state index is -4.26. The Balaban J connectivity index is 1.91. The van der Waals surface area contributed by atoms with E-state index in [2.05, 4.69) is 5.32 Å². The lowest BCUT2D eigenvalue weighted by Gasteiger charge is -2.37. The number of phenols is 1. The summed E-state index contributed by atoms with van der Waals surface area (Å²) in [7, 11) is 0. The molecular weight excluding hydrogens is 319 g/mol. The van der Waals surface area contributed by atoms with Crippen LogP contribution in [0.25, 0.3) is 0 Å². The van der Waals surface area contributed by atoms with Gasteiger partial charge in [0.1, 0.15) is 5.75 Å². The monoisotopic (exact) mass is 337 g/mol. The smallest absolute Gasteiger partial charge is 0.391 e. The fourth-order valence-electron chi connectivity index (χ4n) is 2.91. The van der Waals surface area contributed by atoms with E-state index in [1.54, 1.807) is 12.1 Å². The molecule has 0 heterocycles. The largest absolute Gasteiger partial charge is 0.506 e. The molecule has 0 radical (unpaired) electrons. The van der Waals surface area contributed by atoms with Crippen molar-refractivity contribution in [2.24, 2.45) is 5.92 Å². The van der Waals surface area contributed by atoms with Crippen molar-refractivity contribution in [2.45, 2.75) is 44.0 Å². The van der Waals surface area contributed by atoms with Crippen LogP contribution in [0.5, 0.6) is 5.75 Å². The van der Waals surface area contributed by atoms with Gasteiger partial charge in [0.2, 0.25) is 0 Å². The Kier molecular flexibility index (Phi) is 5.25. The number of aliphatic hydroxyl groups is 1. The predicted octanol–water partition coefficient (Wildman–Crippen LogP) is 3.62. The van der Waals surface area contributed by atoms with Crippen LogP contribution in [-0.2, 0) is 6.54 Å². The number of benzene rings is 1. The fourth-order valence-corrected chi connectivity index (χ4v) is 3.11. The molecule has 2 rings (SSSR count). The van der Waals surface area contributed by atoms with Crippen LogP contribution < -0.4 is 5.32 Å². The zero-order valence-corrected chi connectivity index (χ0v) is 12.7. The van der Waals surface area contributed by atoms with Gasteiger partial charge in [-0.3, -0.25) is 0 Å². The molecule has 0 aliphatic heterocycles. The SMILES string of the molecule is Oc1cccc(CNCC2(O)CCCC(C(F)(F)F)C2)c1Cl. The molecular formula is C15H19ClF3NO2. The lowest BCUT2D eigenvalue weighted by atomic mass is 9.77. The molecule has 2 atom stereocenters. The summed E-state index contributed by atoms with van der Waals surface area (Å²) in [5.41, 5.74) is -0.727. The highest BCUT2D eigenvalue weighted by Gasteiger charge is 2.46. The van der Waals surface area contributed by atoms with E-state index in [0.29, 0.717) is 18.4 Å². The lowest BCUT2D eigenvalue weighted by Crippen LogP contribution is -2.46. The van der Waals surface area contributed by atoms with E-state index in [9.17, 15) is 23.4 Å². The molecule has 0 bridgehead atoms. The van der Waals surface area contributed by atoms with Crippen LogP contribution in [0.15, 0.2) is 18.2 Å². The molecule has 7 heteroatoms. The molecule has 0 aromatic heterocycles. The second-order valence-electron chi connectivity index (χ2n) is 5.91. The summed E-state index contributed by atoms with van der Waals surface area (Å²) in [6.45, 7) is 0.331. The van der Waals surface area contributed by atoms with Crippen LogP contribution in [0.2, 0.25) is 5.02 Å². The summed E-state index contributed by atoms with van der Waals surface area (Å²) in [4.78, 5) is 0. The number of hydrogen-bond donors (Lipinski definition) is 3. The van der Waals surface area contributed by atoms with Crippen molar-refractivity contribution in [1.82, 2.24) is 5.32 Å². The van der Waals surface area contributed by atoms with E-state index in [4.69, 9.17) is 11.6 Å². The molecule has 1 saturated carbocycles. The Morgan fingerprint density at radius 1 is 1.36 bits per heavy atom. The number of halogens is 4. The zero-order valence-electron chi connectivity index (χ0n) is 12.0. The molecule has 1 aromatic rings. The van der Waals surface area contributed by atoms with Gasteiger partial charge in [0.25, 0.3) is 0 Å². The van der Waals surface area contributed by atoms with E-state index in [1.165, 1.54) is 6.07 Å². The van der Waals surface area contributed by atoms with Crippen LogP contribution in [0.4, 0.5) is 13.2 Å². The molecule has 1 aliphatic carbocycles. The molecule has 1 aliphatic rings. The third-order valence-electron chi connectivity index (χ3n) is 4.11. The maximum absolute atomic E-state index is 12.8. The molecule has 2 unspecified atom stereocenters. The third kappa shape index (κ3) is 4.27. The summed E-state index contributed by atoms with van der Waals surface area (Å²) in [5, 5.41) is 23.0. The van der Waals surface area contributed by atoms with Crippen molar-refractivity contribution >= 4 is 11.6 Å². The number of alkyl halides is 3. The molecule has 1 fully saturated rings. The summed E-state index contributed by atoms with van der Waals surface area (Å²) < 4.78 is 38.4. The van der Waals surface area contributed by atoms with Crippen molar-refractivity contribution in [2.75, 3.05) is 6.54 Å². The lowest BCUT2D eigenvalue weighted by molar-refractivity contribution is -0.200. The zero-order chi connectivity index (χ0) is 16.4. The molecule has 0 saturated heterocycles. The van der Waals surface area contributed by atoms with Crippen molar-refractivity contribution in [3.8, 4) is 5.75 Å². The summed E-state index contributed by atoms with van der Waals surface area (Å²) in [6.07, 6.45) is -3.76. The highest BCUT2D eigenvalue weighted by atomic mass is 35.5. The molecule has 3 nitrogen and oxygen atoms in total. The maximum Gasteiger partial charge on any atom is 0.391 e. The van der Waals surface area contributed by atoms with Gasteiger partial charge in [-0.15, -0.1) is 0 Å². The van der Waals surface area contributed by atoms with Crippen LogP contribution >= 0.6 is 11.6 Å². The average Bonchev–Trinajstić information content (AvgIpc) is 2.42. The van der Waals surface area contributed by atoms with Crippen molar-refractivity contribution in [3.63, 3.8) is 0 Å². The minimum Gasteiger partial charge on any atom is -0.506 e. The predicted molar refractivity (Wildman–Crippen MR) is 77.8 cm³/mol. The van der Waals surface area contributed by atoms with Gasteiger partial charge >= 0.3 is 6.18 Å². The van der Waals surface area contributed by atoms with Crippen LogP contribution in [0, 0.1) is 5.92 Å². The van der Waals surface area contributed by atoms with Gasteiger partial charge in [-0.05, 0) is 37.3 Å². The Morgan fingerprint density at radius 3 is 2.77 bits per heavy atom. The van der Waals surface area contributed by atoms with Gasteiger partial charge in [-0.1, -0.05) is 23.7 Å². The second-order valence-corrected chi connectivity index (χ2v) is 6.29. The normalized spacial score (nSPS) is 26.1. The molecule has 0 spiro atoms. The third-order valence-corrected chi connectivity index (χ3v) is 4.55. The number of aromatic hydroxyl groups is 1. The van der Waals surface area contributed by atoms with E-state index in [0.717, 1.165) is 0 Å².